The third-order valence-electron chi connectivity index (χ3n) is 4.08. The van der Waals surface area contributed by atoms with Crippen LogP contribution in [0.2, 0.25) is 0 Å². The number of carbonyl (C=O) groups excluding carboxylic acids is 2. The van der Waals surface area contributed by atoms with Gasteiger partial charge in [0.1, 0.15) is 6.61 Å². The Hall–Kier alpha value is -2.34. The first-order valence-electron chi connectivity index (χ1n) is 7.99. The Balaban J connectivity index is 1.87. The molecule has 5 nitrogen and oxygen atoms in total. The Kier molecular flexibility index (Phi) is 5.38. The van der Waals surface area contributed by atoms with Gasteiger partial charge in [-0.25, -0.2) is 9.59 Å². The highest BCUT2D eigenvalue weighted by atomic mass is 79.9. The molecule has 3 rings (SSSR count). The number of esters is 1. The second kappa shape index (κ2) is 7.70. The molecule has 0 N–H and O–H groups in total. The number of amides is 1. The number of halogens is 1. The minimum Gasteiger partial charge on any atom is -0.465 e. The quantitative estimate of drug-likeness (QED) is 0.715. The molecule has 0 saturated heterocycles. The number of hydrogen-bond donors (Lipinski definition) is 0. The number of anilines is 1. The maximum atomic E-state index is 12.6. The molecule has 1 aliphatic heterocycles. The van der Waals surface area contributed by atoms with Gasteiger partial charge < -0.3 is 9.47 Å². The molecule has 0 unspecified atom stereocenters. The monoisotopic (exact) mass is 403 g/mol. The van der Waals surface area contributed by atoms with Crippen LogP contribution in [0.5, 0.6) is 0 Å². The lowest BCUT2D eigenvalue weighted by atomic mass is 9.98. The number of ether oxygens (including phenoxy) is 2. The number of nitrogens with zero attached hydrogens (tertiary/aromatic N) is 1. The molecule has 2 aromatic rings. The number of aryl methyl sites for hydroxylation is 1. The van der Waals surface area contributed by atoms with E-state index in [0.29, 0.717) is 17.8 Å². The Labute approximate surface area is 154 Å². The molecule has 25 heavy (non-hydrogen) atoms. The van der Waals surface area contributed by atoms with Crippen LogP contribution in [0.15, 0.2) is 46.9 Å². The number of benzene rings is 2. The molecule has 1 aliphatic rings. The zero-order chi connectivity index (χ0) is 17.8. The van der Waals surface area contributed by atoms with Crippen molar-refractivity contribution in [2.75, 3.05) is 18.6 Å². The van der Waals surface area contributed by atoms with Gasteiger partial charge in [-0.15, -0.1) is 0 Å². The SMILES string of the molecule is COC(=O)c1cc(Br)cc2c1N(C(=O)OCc1ccccc1)CCC2. The first-order chi connectivity index (χ1) is 12.1. The molecule has 0 aromatic heterocycles. The molecule has 1 heterocycles. The fraction of sp³-hybridized carbons (Fsp3) is 0.263. The van der Waals surface area contributed by atoms with Crippen LogP contribution in [0.25, 0.3) is 0 Å². The summed E-state index contributed by atoms with van der Waals surface area (Å²) in [4.78, 5) is 26.3. The Morgan fingerprint density at radius 1 is 1.20 bits per heavy atom. The Morgan fingerprint density at radius 2 is 1.96 bits per heavy atom. The van der Waals surface area contributed by atoms with Crippen molar-refractivity contribution < 1.29 is 19.1 Å². The maximum absolute atomic E-state index is 12.6. The second-order valence-corrected chi connectivity index (χ2v) is 6.66. The third kappa shape index (κ3) is 3.85. The van der Waals surface area contributed by atoms with E-state index in [0.717, 1.165) is 28.4 Å². The van der Waals surface area contributed by atoms with Crippen LogP contribution in [0.1, 0.15) is 27.9 Å². The predicted octanol–water partition coefficient (Wildman–Crippen LogP) is 4.33. The molecule has 0 fully saturated rings. The highest BCUT2D eigenvalue weighted by Crippen LogP contribution is 2.35. The van der Waals surface area contributed by atoms with Gasteiger partial charge >= 0.3 is 12.1 Å². The first-order valence-corrected chi connectivity index (χ1v) is 8.78. The fourth-order valence-corrected chi connectivity index (χ4v) is 3.46. The average molecular weight is 404 g/mol. The zero-order valence-electron chi connectivity index (χ0n) is 13.8. The van der Waals surface area contributed by atoms with Gasteiger partial charge in [0.15, 0.2) is 0 Å². The number of fused-ring (bicyclic) bond motifs is 1. The Morgan fingerprint density at radius 3 is 2.68 bits per heavy atom. The average Bonchev–Trinajstić information content (AvgIpc) is 2.65. The van der Waals surface area contributed by atoms with E-state index >= 15 is 0 Å². The highest BCUT2D eigenvalue weighted by Gasteiger charge is 2.29. The minimum atomic E-state index is -0.472. The van der Waals surface area contributed by atoms with Crippen LogP contribution in [0.4, 0.5) is 10.5 Å². The third-order valence-corrected chi connectivity index (χ3v) is 4.54. The summed E-state index contributed by atoms with van der Waals surface area (Å²) in [5.41, 5.74) is 2.79. The molecule has 2 aromatic carbocycles. The van der Waals surface area contributed by atoms with Gasteiger partial charge in [0, 0.05) is 11.0 Å². The van der Waals surface area contributed by atoms with Crippen molar-refractivity contribution in [3.63, 3.8) is 0 Å². The molecule has 0 atom stereocenters. The van der Waals surface area contributed by atoms with Crippen molar-refractivity contribution in [3.8, 4) is 0 Å². The lowest BCUT2D eigenvalue weighted by Crippen LogP contribution is -2.37. The largest absolute Gasteiger partial charge is 0.465 e. The maximum Gasteiger partial charge on any atom is 0.414 e. The number of hydrogen-bond acceptors (Lipinski definition) is 4. The van der Waals surface area contributed by atoms with Crippen LogP contribution in [-0.2, 0) is 22.5 Å². The van der Waals surface area contributed by atoms with Crippen molar-refractivity contribution in [3.05, 3.63) is 63.6 Å². The molecule has 6 heteroatoms. The van der Waals surface area contributed by atoms with E-state index in [4.69, 9.17) is 9.47 Å². The standard InChI is InChI=1S/C19H18BrNO4/c1-24-18(22)16-11-15(20)10-14-8-5-9-21(17(14)16)19(23)25-12-13-6-3-2-4-7-13/h2-4,6-7,10-11H,5,8-9,12H2,1H3. The summed E-state index contributed by atoms with van der Waals surface area (Å²) in [6.07, 6.45) is 1.14. The van der Waals surface area contributed by atoms with Gasteiger partial charge in [0.05, 0.1) is 18.4 Å². The van der Waals surface area contributed by atoms with Crippen LogP contribution in [0, 0.1) is 0 Å². The minimum absolute atomic E-state index is 0.190. The van der Waals surface area contributed by atoms with Crippen molar-refractivity contribution in [2.24, 2.45) is 0 Å². The summed E-state index contributed by atoms with van der Waals surface area (Å²) in [7, 11) is 1.33. The highest BCUT2D eigenvalue weighted by molar-refractivity contribution is 9.10. The van der Waals surface area contributed by atoms with Gasteiger partial charge in [-0.3, -0.25) is 4.90 Å². The van der Waals surface area contributed by atoms with Crippen molar-refractivity contribution in [2.45, 2.75) is 19.4 Å². The lowest BCUT2D eigenvalue weighted by molar-refractivity contribution is 0.0601. The van der Waals surface area contributed by atoms with E-state index < -0.39 is 12.1 Å². The summed E-state index contributed by atoms with van der Waals surface area (Å²) >= 11 is 3.41. The molecule has 0 saturated carbocycles. The zero-order valence-corrected chi connectivity index (χ0v) is 15.4. The normalized spacial score (nSPS) is 13.1. The lowest BCUT2D eigenvalue weighted by Gasteiger charge is -2.30. The van der Waals surface area contributed by atoms with Gasteiger partial charge in [0.2, 0.25) is 0 Å². The molecule has 130 valence electrons. The van der Waals surface area contributed by atoms with Crippen molar-refractivity contribution in [1.82, 2.24) is 0 Å². The van der Waals surface area contributed by atoms with E-state index in [1.54, 1.807) is 6.07 Å². The topological polar surface area (TPSA) is 55.8 Å². The van der Waals surface area contributed by atoms with Gasteiger partial charge in [0.25, 0.3) is 0 Å². The number of carbonyl (C=O) groups is 2. The van der Waals surface area contributed by atoms with Crippen LogP contribution >= 0.6 is 15.9 Å². The van der Waals surface area contributed by atoms with Crippen LogP contribution in [0.3, 0.4) is 0 Å². The summed E-state index contributed by atoms with van der Waals surface area (Å²) in [5, 5.41) is 0. The smallest absolute Gasteiger partial charge is 0.414 e. The first kappa shape index (κ1) is 17.5. The number of rotatable bonds is 3. The molecular weight excluding hydrogens is 386 g/mol. The Bertz CT molecular complexity index is 792. The molecule has 0 aliphatic carbocycles. The van der Waals surface area contributed by atoms with E-state index in [9.17, 15) is 9.59 Å². The molecule has 0 spiro atoms. The predicted molar refractivity (Wildman–Crippen MR) is 97.8 cm³/mol. The van der Waals surface area contributed by atoms with E-state index in [1.807, 2.05) is 36.4 Å². The molecular formula is C19H18BrNO4. The van der Waals surface area contributed by atoms with Crippen LogP contribution < -0.4 is 4.90 Å². The summed E-state index contributed by atoms with van der Waals surface area (Å²) in [5.74, 6) is -0.472. The summed E-state index contributed by atoms with van der Waals surface area (Å²) in [6, 6.07) is 13.1. The van der Waals surface area contributed by atoms with E-state index in [2.05, 4.69) is 15.9 Å². The molecule has 0 radical (unpaired) electrons. The second-order valence-electron chi connectivity index (χ2n) is 5.75. The summed E-state index contributed by atoms with van der Waals surface area (Å²) in [6.45, 7) is 0.696. The van der Waals surface area contributed by atoms with Crippen molar-refractivity contribution in [1.29, 1.82) is 0 Å². The van der Waals surface area contributed by atoms with Crippen molar-refractivity contribution >= 4 is 33.7 Å². The van der Waals surface area contributed by atoms with Gasteiger partial charge in [-0.2, -0.15) is 0 Å². The van der Waals surface area contributed by atoms with E-state index in [1.165, 1.54) is 12.0 Å². The van der Waals surface area contributed by atoms with Gasteiger partial charge in [-0.1, -0.05) is 46.3 Å². The fourth-order valence-electron chi connectivity index (χ4n) is 2.95. The molecule has 0 bridgehead atoms. The number of methoxy groups -OCH3 is 1. The molecule has 1 amide bonds. The van der Waals surface area contributed by atoms with E-state index in [-0.39, 0.29) is 6.61 Å². The summed E-state index contributed by atoms with van der Waals surface area (Å²) < 4.78 is 11.1. The van der Waals surface area contributed by atoms with Gasteiger partial charge in [-0.05, 0) is 36.1 Å². The van der Waals surface area contributed by atoms with Crippen LogP contribution in [-0.4, -0.2) is 25.7 Å².